The Kier molecular flexibility index (Phi) is 6.74. The van der Waals surface area contributed by atoms with Crippen LogP contribution in [-0.2, 0) is 9.84 Å². The van der Waals surface area contributed by atoms with Crippen LogP contribution in [0.15, 0.2) is 58.2 Å². The van der Waals surface area contributed by atoms with Crippen LogP contribution >= 0.6 is 11.6 Å². The number of aliphatic hydroxyl groups is 1. The van der Waals surface area contributed by atoms with Gasteiger partial charge in [-0.05, 0) is 61.4 Å². The van der Waals surface area contributed by atoms with Crippen molar-refractivity contribution in [1.29, 1.82) is 0 Å². The van der Waals surface area contributed by atoms with Gasteiger partial charge in [0.2, 0.25) is 0 Å². The number of hydrogen-bond acceptors (Lipinski definition) is 7. The van der Waals surface area contributed by atoms with E-state index in [1.54, 1.807) is 0 Å². The summed E-state index contributed by atoms with van der Waals surface area (Å²) >= 11 is 6.23. The summed E-state index contributed by atoms with van der Waals surface area (Å²) in [5, 5.41) is 15.2. The lowest BCUT2D eigenvalue weighted by molar-refractivity contribution is -0.171. The van der Waals surface area contributed by atoms with Crippen LogP contribution in [0.25, 0.3) is 0 Å². The summed E-state index contributed by atoms with van der Waals surface area (Å²) < 4.78 is 58.7. The minimum atomic E-state index is -4.00. The van der Waals surface area contributed by atoms with Crippen molar-refractivity contribution >= 4 is 38.9 Å². The van der Waals surface area contributed by atoms with Crippen LogP contribution in [0, 0.1) is 23.5 Å². The molecule has 3 aliphatic rings. The number of nitrogens with one attached hydrogen (secondary N) is 2. The minimum absolute atomic E-state index is 0.00479. The van der Waals surface area contributed by atoms with Gasteiger partial charge in [0.15, 0.2) is 21.5 Å². The molecule has 3 fully saturated rings. The van der Waals surface area contributed by atoms with Gasteiger partial charge in [0.1, 0.15) is 6.26 Å². The van der Waals surface area contributed by atoms with Gasteiger partial charge < -0.3 is 20.2 Å². The zero-order chi connectivity index (χ0) is 27.2. The maximum absolute atomic E-state index is 13.5. The number of nitrogens with zero attached hydrogens (tertiary/aromatic N) is 1. The Morgan fingerprint density at radius 1 is 1.08 bits per heavy atom. The fourth-order valence-electron chi connectivity index (χ4n) is 5.25. The first-order valence-electron chi connectivity index (χ1n) is 11.7. The fraction of sp³-hybridized carbons (Fsp3) is 0.320. The molecule has 200 valence electrons. The largest absolute Gasteiger partial charge is 0.441 e. The van der Waals surface area contributed by atoms with Crippen molar-refractivity contribution in [3.8, 4) is 0 Å². The standard InChI is InChI=1S/C25H22ClF2N3O6S/c26-18-3-1-13(22(32)31-16-2-4-19(27)20(28)11-16)7-21(18)38(35,36)17-9-14-8-15(10-17)25(14,34)12-30-23(33)24-29-5-6-37-24/h1-7,11,14-15,17,34H,8-10,12H2,(H,30,33)(H,31,32). The third-order valence-corrected chi connectivity index (χ3v) is 10.0. The van der Waals surface area contributed by atoms with Crippen molar-refractivity contribution in [2.45, 2.75) is 35.0 Å². The molecule has 2 amide bonds. The maximum atomic E-state index is 13.5. The van der Waals surface area contributed by atoms with E-state index in [1.807, 2.05) is 0 Å². The average Bonchev–Trinajstić information content (AvgIpc) is 3.44. The molecule has 3 saturated carbocycles. The fourth-order valence-corrected chi connectivity index (χ4v) is 7.65. The number of carbonyl (C=O) groups is 2. The van der Waals surface area contributed by atoms with E-state index < -0.39 is 44.1 Å². The topological polar surface area (TPSA) is 139 Å². The van der Waals surface area contributed by atoms with E-state index in [0.29, 0.717) is 6.42 Å². The number of sulfone groups is 1. The molecule has 0 radical (unpaired) electrons. The summed E-state index contributed by atoms with van der Waals surface area (Å²) in [4.78, 5) is 28.3. The first-order valence-corrected chi connectivity index (χ1v) is 13.6. The molecule has 13 heteroatoms. The van der Waals surface area contributed by atoms with Crippen LogP contribution in [0.2, 0.25) is 5.02 Å². The lowest BCUT2D eigenvalue weighted by Crippen LogP contribution is -2.66. The second-order valence-electron chi connectivity index (χ2n) is 9.51. The number of amides is 2. The summed E-state index contributed by atoms with van der Waals surface area (Å²) in [5.74, 6) is -4.40. The third kappa shape index (κ3) is 4.67. The summed E-state index contributed by atoms with van der Waals surface area (Å²) in [5.41, 5.74) is -1.30. The molecule has 2 unspecified atom stereocenters. The normalized spacial score (nSPS) is 24.4. The van der Waals surface area contributed by atoms with Crippen molar-refractivity contribution in [2.75, 3.05) is 11.9 Å². The molecule has 6 rings (SSSR count). The molecule has 2 bridgehead atoms. The highest BCUT2D eigenvalue weighted by Gasteiger charge is 2.60. The third-order valence-electron chi connectivity index (χ3n) is 7.35. The predicted molar refractivity (Wildman–Crippen MR) is 131 cm³/mol. The Hall–Kier alpha value is -3.35. The highest BCUT2D eigenvalue weighted by molar-refractivity contribution is 7.92. The molecule has 3 aromatic rings. The summed E-state index contributed by atoms with van der Waals surface area (Å²) in [6.07, 6.45) is 3.48. The number of rotatable bonds is 7. The van der Waals surface area contributed by atoms with Gasteiger partial charge in [-0.2, -0.15) is 0 Å². The Morgan fingerprint density at radius 2 is 1.82 bits per heavy atom. The maximum Gasteiger partial charge on any atom is 0.307 e. The molecule has 1 aromatic heterocycles. The monoisotopic (exact) mass is 565 g/mol. The van der Waals surface area contributed by atoms with Crippen molar-refractivity contribution < 1.29 is 36.3 Å². The van der Waals surface area contributed by atoms with E-state index in [0.717, 1.165) is 18.2 Å². The number of oxazole rings is 1. The Labute approximate surface area is 221 Å². The zero-order valence-corrected chi connectivity index (χ0v) is 21.2. The first kappa shape index (κ1) is 26.3. The van der Waals surface area contributed by atoms with E-state index in [1.165, 1.54) is 30.7 Å². The van der Waals surface area contributed by atoms with E-state index >= 15 is 0 Å². The average molecular weight is 566 g/mol. The molecular weight excluding hydrogens is 544 g/mol. The second-order valence-corrected chi connectivity index (χ2v) is 12.1. The quantitative estimate of drug-likeness (QED) is 0.398. The first-order chi connectivity index (χ1) is 18.0. The molecule has 38 heavy (non-hydrogen) atoms. The number of fused-ring (bicyclic) bond motifs is 2. The van der Waals surface area contributed by atoms with Gasteiger partial charge in [0.25, 0.3) is 11.8 Å². The van der Waals surface area contributed by atoms with Gasteiger partial charge in [0, 0.05) is 23.9 Å². The number of benzene rings is 2. The van der Waals surface area contributed by atoms with Gasteiger partial charge in [-0.1, -0.05) is 11.6 Å². The summed E-state index contributed by atoms with van der Waals surface area (Å²) in [7, 11) is -4.00. The molecule has 0 aliphatic heterocycles. The predicted octanol–water partition coefficient (Wildman–Crippen LogP) is 3.59. The van der Waals surface area contributed by atoms with Crippen LogP contribution in [-0.4, -0.2) is 47.7 Å². The van der Waals surface area contributed by atoms with Crippen LogP contribution < -0.4 is 10.6 Å². The number of hydrogen-bond donors (Lipinski definition) is 3. The van der Waals surface area contributed by atoms with Crippen molar-refractivity contribution in [3.05, 3.63) is 77.0 Å². The highest BCUT2D eigenvalue weighted by atomic mass is 35.5. The van der Waals surface area contributed by atoms with E-state index in [-0.39, 0.29) is 58.3 Å². The van der Waals surface area contributed by atoms with Crippen molar-refractivity contribution in [2.24, 2.45) is 11.8 Å². The Balaban J connectivity index is 1.29. The number of aromatic nitrogens is 1. The van der Waals surface area contributed by atoms with Crippen molar-refractivity contribution in [1.82, 2.24) is 10.3 Å². The molecule has 2 atom stereocenters. The van der Waals surface area contributed by atoms with Gasteiger partial charge >= 0.3 is 5.91 Å². The zero-order valence-electron chi connectivity index (χ0n) is 19.7. The van der Waals surface area contributed by atoms with Gasteiger partial charge in [0.05, 0.1) is 27.0 Å². The minimum Gasteiger partial charge on any atom is -0.441 e. The molecule has 2 aromatic carbocycles. The molecule has 9 nitrogen and oxygen atoms in total. The van der Waals surface area contributed by atoms with Crippen LogP contribution in [0.4, 0.5) is 14.5 Å². The molecule has 0 saturated heterocycles. The summed E-state index contributed by atoms with van der Waals surface area (Å²) in [6, 6.07) is 6.60. The molecule has 0 spiro atoms. The van der Waals surface area contributed by atoms with E-state index in [9.17, 15) is 31.9 Å². The Morgan fingerprint density at radius 3 is 2.47 bits per heavy atom. The van der Waals surface area contributed by atoms with Gasteiger partial charge in [-0.25, -0.2) is 22.2 Å². The van der Waals surface area contributed by atoms with Crippen LogP contribution in [0.1, 0.15) is 40.3 Å². The number of anilines is 1. The van der Waals surface area contributed by atoms with Crippen LogP contribution in [0.3, 0.4) is 0 Å². The molecule has 1 heterocycles. The van der Waals surface area contributed by atoms with Gasteiger partial charge in [-0.3, -0.25) is 9.59 Å². The molecular formula is C25H22ClF2N3O6S. The second kappa shape index (κ2) is 9.75. The van der Waals surface area contributed by atoms with E-state index in [4.69, 9.17) is 16.0 Å². The number of halogens is 3. The Bertz CT molecular complexity index is 1500. The molecule has 3 aliphatic carbocycles. The molecule has 3 N–H and O–H groups in total. The highest BCUT2D eigenvalue weighted by Crippen LogP contribution is 2.55. The number of carbonyl (C=O) groups excluding carboxylic acids is 2. The summed E-state index contributed by atoms with van der Waals surface area (Å²) in [6.45, 7) is -0.0727. The van der Waals surface area contributed by atoms with Crippen LogP contribution in [0.5, 0.6) is 0 Å². The SMILES string of the molecule is O=C(Nc1ccc(F)c(F)c1)c1ccc(Cl)c(S(=O)(=O)C2CC3CC(C2)C3(O)CNC(=O)c2ncco2)c1. The lowest BCUT2D eigenvalue weighted by Gasteiger charge is -2.58. The smallest absolute Gasteiger partial charge is 0.307 e. The lowest BCUT2D eigenvalue weighted by atomic mass is 9.53. The van der Waals surface area contributed by atoms with Crippen molar-refractivity contribution in [3.63, 3.8) is 0 Å². The van der Waals surface area contributed by atoms with E-state index in [2.05, 4.69) is 15.6 Å². The van der Waals surface area contributed by atoms with Gasteiger partial charge in [-0.15, -0.1) is 0 Å².